The highest BCUT2D eigenvalue weighted by molar-refractivity contribution is 5.93. The van der Waals surface area contributed by atoms with Crippen molar-refractivity contribution in [3.8, 4) is 0 Å². The molecule has 1 aromatic heterocycles. The number of hydrogen-bond donors (Lipinski definition) is 1. The molecular weight excluding hydrogens is 352 g/mol. The zero-order chi connectivity index (χ0) is 19.0. The predicted octanol–water partition coefficient (Wildman–Crippen LogP) is 2.59. The van der Waals surface area contributed by atoms with E-state index in [4.69, 9.17) is 0 Å². The van der Waals surface area contributed by atoms with Crippen LogP contribution in [0.3, 0.4) is 0 Å². The van der Waals surface area contributed by atoms with Crippen LogP contribution in [0.5, 0.6) is 0 Å². The molecule has 0 spiro atoms. The molecule has 1 aliphatic carbocycles. The van der Waals surface area contributed by atoms with Crippen LogP contribution in [-0.2, 0) is 6.54 Å². The van der Waals surface area contributed by atoms with Crippen molar-refractivity contribution >= 4 is 5.91 Å². The Kier molecular flexibility index (Phi) is 4.90. The van der Waals surface area contributed by atoms with E-state index in [1.807, 2.05) is 11.6 Å². The number of nitrogens with one attached hydrogen (secondary N) is 1. The molecule has 4 rings (SSSR count). The highest BCUT2D eigenvalue weighted by Crippen LogP contribution is 2.31. The van der Waals surface area contributed by atoms with E-state index >= 15 is 0 Å². The van der Waals surface area contributed by atoms with Gasteiger partial charge in [0.25, 0.3) is 5.91 Å². The van der Waals surface area contributed by atoms with E-state index in [0.29, 0.717) is 11.3 Å². The van der Waals surface area contributed by atoms with E-state index in [0.717, 1.165) is 50.5 Å². The molecule has 144 valence electrons. The molecule has 2 fully saturated rings. The number of nitrogens with zero attached hydrogens (tertiary/aromatic N) is 4. The van der Waals surface area contributed by atoms with Crippen LogP contribution in [0.2, 0.25) is 0 Å². The summed E-state index contributed by atoms with van der Waals surface area (Å²) in [5.74, 6) is -1.50. The monoisotopic (exact) mass is 375 g/mol. The zero-order valence-electron chi connectivity index (χ0n) is 15.3. The smallest absolute Gasteiger partial charge is 0.276 e. The first kappa shape index (κ1) is 18.0. The summed E-state index contributed by atoms with van der Waals surface area (Å²) in [5, 5.41) is 11.7. The highest BCUT2D eigenvalue weighted by atomic mass is 19.1. The molecule has 1 N–H and O–H groups in total. The number of carbonyl (C=O) groups excluding carboxylic acids is 1. The van der Waals surface area contributed by atoms with Crippen molar-refractivity contribution in [1.29, 1.82) is 0 Å². The van der Waals surface area contributed by atoms with Crippen LogP contribution in [-0.4, -0.2) is 44.9 Å². The number of hydrogen-bond acceptors (Lipinski definition) is 4. The second kappa shape index (κ2) is 7.34. The molecule has 2 aromatic rings. The standard InChI is InChI=1S/C19H23F2N5O/c1-12-18(23-24-26(12)16-6-8-22-9-7-16)19(27)25(15-4-5-15)11-13-2-3-14(20)10-17(13)21/h2-3,10,15-16,22H,4-9,11H2,1H3. The van der Waals surface area contributed by atoms with E-state index in [9.17, 15) is 13.6 Å². The number of piperidine rings is 1. The molecule has 0 bridgehead atoms. The van der Waals surface area contributed by atoms with Gasteiger partial charge in [-0.15, -0.1) is 5.10 Å². The molecule has 1 aliphatic heterocycles. The molecule has 1 amide bonds. The Balaban J connectivity index is 1.57. The van der Waals surface area contributed by atoms with Gasteiger partial charge in [0.1, 0.15) is 11.6 Å². The minimum absolute atomic E-state index is 0.0744. The van der Waals surface area contributed by atoms with E-state index in [-0.39, 0.29) is 24.5 Å². The van der Waals surface area contributed by atoms with Gasteiger partial charge in [0, 0.05) is 24.2 Å². The normalized spacial score (nSPS) is 17.9. The van der Waals surface area contributed by atoms with Gasteiger partial charge >= 0.3 is 0 Å². The average molecular weight is 375 g/mol. The van der Waals surface area contributed by atoms with Crippen LogP contribution >= 0.6 is 0 Å². The number of aromatic nitrogens is 3. The third-order valence-electron chi connectivity index (χ3n) is 5.39. The second-order valence-electron chi connectivity index (χ2n) is 7.35. The van der Waals surface area contributed by atoms with Crippen LogP contribution in [0.15, 0.2) is 18.2 Å². The van der Waals surface area contributed by atoms with Gasteiger partial charge in [-0.1, -0.05) is 11.3 Å². The molecular formula is C19H23F2N5O. The average Bonchev–Trinajstić information content (AvgIpc) is 3.43. The number of halogens is 2. The van der Waals surface area contributed by atoms with Gasteiger partial charge in [0.05, 0.1) is 11.7 Å². The summed E-state index contributed by atoms with van der Waals surface area (Å²) in [6.07, 6.45) is 3.67. The lowest BCUT2D eigenvalue weighted by molar-refractivity contribution is 0.0721. The lowest BCUT2D eigenvalue weighted by Gasteiger charge is -2.24. The Morgan fingerprint density at radius 1 is 1.26 bits per heavy atom. The number of amides is 1. The highest BCUT2D eigenvalue weighted by Gasteiger charge is 2.36. The van der Waals surface area contributed by atoms with Crippen LogP contribution in [0.25, 0.3) is 0 Å². The van der Waals surface area contributed by atoms with E-state index in [1.165, 1.54) is 12.1 Å². The third-order valence-corrected chi connectivity index (χ3v) is 5.39. The number of rotatable bonds is 5. The van der Waals surface area contributed by atoms with Gasteiger partial charge < -0.3 is 10.2 Å². The Labute approximate surface area is 156 Å². The molecule has 2 aliphatic rings. The van der Waals surface area contributed by atoms with Crippen molar-refractivity contribution in [3.05, 3.63) is 46.8 Å². The van der Waals surface area contributed by atoms with Crippen LogP contribution in [0.4, 0.5) is 8.78 Å². The molecule has 1 saturated heterocycles. The molecule has 0 radical (unpaired) electrons. The predicted molar refractivity (Wildman–Crippen MR) is 95.2 cm³/mol. The van der Waals surface area contributed by atoms with Crippen LogP contribution in [0, 0.1) is 18.6 Å². The van der Waals surface area contributed by atoms with Crippen molar-refractivity contribution < 1.29 is 13.6 Å². The van der Waals surface area contributed by atoms with Crippen molar-refractivity contribution in [2.24, 2.45) is 0 Å². The van der Waals surface area contributed by atoms with E-state index < -0.39 is 11.6 Å². The summed E-state index contributed by atoms with van der Waals surface area (Å²) in [5.41, 5.74) is 1.38. The zero-order valence-corrected chi connectivity index (χ0v) is 15.3. The SMILES string of the molecule is Cc1c(C(=O)N(Cc2ccc(F)cc2F)C2CC2)nnn1C1CCNCC1. The summed E-state index contributed by atoms with van der Waals surface area (Å²) in [6.45, 7) is 3.81. The first-order chi connectivity index (χ1) is 13.0. The van der Waals surface area contributed by atoms with Crippen LogP contribution < -0.4 is 5.32 Å². The fraction of sp³-hybridized carbons (Fsp3) is 0.526. The topological polar surface area (TPSA) is 63.1 Å². The Morgan fingerprint density at radius 2 is 2.00 bits per heavy atom. The molecule has 8 heteroatoms. The molecule has 2 heterocycles. The van der Waals surface area contributed by atoms with Gasteiger partial charge in [-0.3, -0.25) is 4.79 Å². The lowest BCUT2D eigenvalue weighted by Crippen LogP contribution is -2.34. The maximum Gasteiger partial charge on any atom is 0.276 e. The minimum Gasteiger partial charge on any atom is -0.330 e. The first-order valence-electron chi connectivity index (χ1n) is 9.42. The lowest BCUT2D eigenvalue weighted by atomic mass is 10.1. The molecule has 1 saturated carbocycles. The molecule has 0 unspecified atom stereocenters. The second-order valence-corrected chi connectivity index (χ2v) is 7.35. The fourth-order valence-electron chi connectivity index (χ4n) is 3.66. The summed E-state index contributed by atoms with van der Waals surface area (Å²) >= 11 is 0. The summed E-state index contributed by atoms with van der Waals surface area (Å²) in [7, 11) is 0. The van der Waals surface area contributed by atoms with Gasteiger partial charge in [-0.2, -0.15) is 0 Å². The molecule has 27 heavy (non-hydrogen) atoms. The van der Waals surface area contributed by atoms with Gasteiger partial charge in [0.15, 0.2) is 5.69 Å². The fourth-order valence-corrected chi connectivity index (χ4v) is 3.66. The summed E-state index contributed by atoms with van der Waals surface area (Å²) < 4.78 is 29.1. The van der Waals surface area contributed by atoms with Crippen molar-refractivity contribution in [1.82, 2.24) is 25.2 Å². The van der Waals surface area contributed by atoms with Gasteiger partial charge in [-0.25, -0.2) is 13.5 Å². The quantitative estimate of drug-likeness (QED) is 0.873. The first-order valence-corrected chi connectivity index (χ1v) is 9.42. The van der Waals surface area contributed by atoms with Crippen LogP contribution in [0.1, 0.15) is 53.5 Å². The Hall–Kier alpha value is -2.35. The number of benzene rings is 1. The third kappa shape index (κ3) is 3.71. The van der Waals surface area contributed by atoms with E-state index in [1.54, 1.807) is 4.90 Å². The molecule has 6 nitrogen and oxygen atoms in total. The molecule has 0 atom stereocenters. The van der Waals surface area contributed by atoms with Crippen molar-refractivity contribution in [2.75, 3.05) is 13.1 Å². The Morgan fingerprint density at radius 3 is 2.67 bits per heavy atom. The summed E-state index contributed by atoms with van der Waals surface area (Å²) in [6, 6.07) is 3.77. The Bertz CT molecular complexity index is 843. The maximum absolute atomic E-state index is 14.1. The van der Waals surface area contributed by atoms with Crippen molar-refractivity contribution in [2.45, 2.75) is 51.2 Å². The van der Waals surface area contributed by atoms with Gasteiger partial charge in [-0.05, 0) is 51.8 Å². The molecule has 1 aromatic carbocycles. The van der Waals surface area contributed by atoms with Crippen molar-refractivity contribution in [3.63, 3.8) is 0 Å². The van der Waals surface area contributed by atoms with Gasteiger partial charge in [0.2, 0.25) is 0 Å². The largest absolute Gasteiger partial charge is 0.330 e. The summed E-state index contributed by atoms with van der Waals surface area (Å²) in [4.78, 5) is 14.8. The maximum atomic E-state index is 14.1. The minimum atomic E-state index is -0.636. The van der Waals surface area contributed by atoms with E-state index in [2.05, 4.69) is 15.6 Å². The number of carbonyl (C=O) groups is 1.